The topological polar surface area (TPSA) is 81.5 Å². The first-order valence-corrected chi connectivity index (χ1v) is 9.23. The van der Waals surface area contributed by atoms with Crippen molar-refractivity contribution in [3.63, 3.8) is 0 Å². The first-order valence-electron chi connectivity index (χ1n) is 9.23. The molecule has 7 heteroatoms. The number of carbonyl (C=O) groups excluding carboxylic acids is 1. The van der Waals surface area contributed by atoms with Gasteiger partial charge in [0.2, 0.25) is 5.91 Å². The fourth-order valence-electron chi connectivity index (χ4n) is 3.13. The molecule has 0 aliphatic carbocycles. The van der Waals surface area contributed by atoms with Gasteiger partial charge in [-0.2, -0.15) is 0 Å². The quantitative estimate of drug-likeness (QED) is 0.424. The van der Waals surface area contributed by atoms with Crippen LogP contribution in [0, 0.1) is 10.1 Å². The van der Waals surface area contributed by atoms with E-state index in [-0.39, 0.29) is 29.9 Å². The Labute approximate surface area is 181 Å². The summed E-state index contributed by atoms with van der Waals surface area (Å²) in [5, 5.41) is 14.3. The number of hydrogen-bond acceptors (Lipinski definition) is 4. The number of nitrogens with zero attached hydrogens (tertiary/aromatic N) is 1. The van der Waals surface area contributed by atoms with E-state index >= 15 is 0 Å². The molecule has 3 aromatic rings. The fraction of sp³-hybridized carbons (Fsp3) is 0.174. The second-order valence-corrected chi connectivity index (χ2v) is 6.70. The van der Waals surface area contributed by atoms with Crippen molar-refractivity contribution < 1.29 is 14.5 Å². The summed E-state index contributed by atoms with van der Waals surface area (Å²) in [6.45, 7) is 1.84. The van der Waals surface area contributed by atoms with Crippen molar-refractivity contribution in [2.24, 2.45) is 0 Å². The summed E-state index contributed by atoms with van der Waals surface area (Å²) in [6, 6.07) is 22.6. The van der Waals surface area contributed by atoms with Crippen LogP contribution in [0.1, 0.15) is 35.6 Å². The van der Waals surface area contributed by atoms with Gasteiger partial charge in [-0.1, -0.05) is 54.6 Å². The summed E-state index contributed by atoms with van der Waals surface area (Å²) >= 11 is 0. The highest BCUT2D eigenvalue weighted by Crippen LogP contribution is 2.28. The Morgan fingerprint density at radius 2 is 1.57 bits per heavy atom. The lowest BCUT2D eigenvalue weighted by atomic mass is 9.95. The summed E-state index contributed by atoms with van der Waals surface area (Å²) in [5.74, 6) is 0.162. The number of nitro benzene ring substituents is 1. The Bertz CT molecular complexity index is 994. The van der Waals surface area contributed by atoms with Gasteiger partial charge in [-0.15, -0.1) is 12.4 Å². The van der Waals surface area contributed by atoms with E-state index in [1.165, 1.54) is 12.1 Å². The standard InChI is InChI=1S/C23H22N2O4.ClH/c1-16(17-7-4-3-5-8-17)23(26)24-22(18-11-13-21(29-2)14-12-18)19-9-6-10-20(15-19)25(27)28;/h3-16,22H,1-2H3,(H,24,26);1H. The van der Waals surface area contributed by atoms with Gasteiger partial charge >= 0.3 is 0 Å². The van der Waals surface area contributed by atoms with Gasteiger partial charge in [0.25, 0.3) is 5.69 Å². The molecule has 0 bridgehead atoms. The minimum absolute atomic E-state index is 0. The highest BCUT2D eigenvalue weighted by Gasteiger charge is 2.23. The van der Waals surface area contributed by atoms with Crippen molar-refractivity contribution in [1.29, 1.82) is 0 Å². The molecule has 1 N–H and O–H groups in total. The number of rotatable bonds is 7. The van der Waals surface area contributed by atoms with Crippen molar-refractivity contribution in [3.8, 4) is 5.75 Å². The van der Waals surface area contributed by atoms with Crippen LogP contribution in [0.3, 0.4) is 0 Å². The lowest BCUT2D eigenvalue weighted by molar-refractivity contribution is -0.384. The first kappa shape index (κ1) is 22.9. The molecule has 0 spiro atoms. The number of amides is 1. The van der Waals surface area contributed by atoms with E-state index in [1.54, 1.807) is 31.4 Å². The molecule has 3 aromatic carbocycles. The summed E-state index contributed by atoms with van der Waals surface area (Å²) < 4.78 is 5.21. The molecule has 0 saturated carbocycles. The first-order chi connectivity index (χ1) is 14.0. The van der Waals surface area contributed by atoms with Crippen molar-refractivity contribution in [2.45, 2.75) is 18.9 Å². The van der Waals surface area contributed by atoms with Crippen molar-refractivity contribution in [1.82, 2.24) is 5.32 Å². The Morgan fingerprint density at radius 3 is 2.17 bits per heavy atom. The maximum atomic E-state index is 13.0. The molecule has 0 heterocycles. The van der Waals surface area contributed by atoms with Crippen LogP contribution in [0.25, 0.3) is 0 Å². The second kappa shape index (κ2) is 10.4. The minimum atomic E-state index is -0.528. The van der Waals surface area contributed by atoms with Crippen LogP contribution in [0.2, 0.25) is 0 Å². The van der Waals surface area contributed by atoms with Crippen molar-refractivity contribution >= 4 is 24.0 Å². The number of benzene rings is 3. The molecule has 0 radical (unpaired) electrons. The summed E-state index contributed by atoms with van der Waals surface area (Å²) in [4.78, 5) is 23.7. The van der Waals surface area contributed by atoms with E-state index < -0.39 is 11.0 Å². The number of ether oxygens (including phenoxy) is 1. The number of non-ortho nitro benzene ring substituents is 1. The average Bonchev–Trinajstić information content (AvgIpc) is 2.77. The highest BCUT2D eigenvalue weighted by atomic mass is 35.5. The van der Waals surface area contributed by atoms with Crippen LogP contribution < -0.4 is 10.1 Å². The molecule has 156 valence electrons. The number of nitro groups is 1. The van der Waals surface area contributed by atoms with E-state index in [9.17, 15) is 14.9 Å². The Kier molecular flexibility index (Phi) is 7.95. The number of carbonyl (C=O) groups is 1. The lowest BCUT2D eigenvalue weighted by Gasteiger charge is -2.22. The van der Waals surface area contributed by atoms with Crippen LogP contribution in [0.15, 0.2) is 78.9 Å². The van der Waals surface area contributed by atoms with Gasteiger partial charge in [-0.05, 0) is 35.7 Å². The Balaban J connectivity index is 0.00000320. The predicted octanol–water partition coefficient (Wildman–Crippen LogP) is 5.03. The third kappa shape index (κ3) is 5.36. The van der Waals surface area contributed by atoms with Crippen LogP contribution in [-0.4, -0.2) is 17.9 Å². The van der Waals surface area contributed by atoms with E-state index in [4.69, 9.17) is 4.74 Å². The van der Waals surface area contributed by atoms with Gasteiger partial charge in [0, 0.05) is 12.1 Å². The molecular formula is C23H23ClN2O4. The highest BCUT2D eigenvalue weighted by molar-refractivity contribution is 5.85. The average molecular weight is 427 g/mol. The van der Waals surface area contributed by atoms with Crippen LogP contribution in [-0.2, 0) is 4.79 Å². The van der Waals surface area contributed by atoms with Gasteiger partial charge in [0.15, 0.2) is 0 Å². The van der Waals surface area contributed by atoms with E-state index in [2.05, 4.69) is 5.32 Å². The number of hydrogen-bond donors (Lipinski definition) is 1. The Hall–Kier alpha value is -3.38. The number of nitrogens with one attached hydrogen (secondary N) is 1. The van der Waals surface area contributed by atoms with Gasteiger partial charge in [-0.25, -0.2) is 0 Å². The van der Waals surface area contributed by atoms with Crippen LogP contribution in [0.5, 0.6) is 5.75 Å². The lowest BCUT2D eigenvalue weighted by Crippen LogP contribution is -2.32. The van der Waals surface area contributed by atoms with Crippen LogP contribution >= 0.6 is 12.4 Å². The molecule has 2 unspecified atom stereocenters. The number of halogens is 1. The third-order valence-electron chi connectivity index (χ3n) is 4.84. The van der Waals surface area contributed by atoms with Gasteiger partial charge < -0.3 is 10.1 Å². The zero-order chi connectivity index (χ0) is 20.8. The molecule has 6 nitrogen and oxygen atoms in total. The monoisotopic (exact) mass is 426 g/mol. The fourth-order valence-corrected chi connectivity index (χ4v) is 3.13. The normalized spacial score (nSPS) is 12.2. The Morgan fingerprint density at radius 1 is 0.933 bits per heavy atom. The van der Waals surface area contributed by atoms with E-state index in [1.807, 2.05) is 49.4 Å². The van der Waals surface area contributed by atoms with Crippen molar-refractivity contribution in [3.05, 3.63) is 106 Å². The smallest absolute Gasteiger partial charge is 0.269 e. The van der Waals surface area contributed by atoms with Gasteiger partial charge in [0.05, 0.1) is 24.0 Å². The molecule has 0 aliphatic rings. The third-order valence-corrected chi connectivity index (χ3v) is 4.84. The largest absolute Gasteiger partial charge is 0.497 e. The zero-order valence-corrected chi connectivity index (χ0v) is 17.5. The van der Waals surface area contributed by atoms with E-state index in [0.717, 1.165) is 11.1 Å². The predicted molar refractivity (Wildman–Crippen MR) is 118 cm³/mol. The number of methoxy groups -OCH3 is 1. The molecule has 0 aliphatic heterocycles. The van der Waals surface area contributed by atoms with Crippen molar-refractivity contribution in [2.75, 3.05) is 7.11 Å². The molecule has 0 saturated heterocycles. The van der Waals surface area contributed by atoms with Gasteiger partial charge in [0.1, 0.15) is 5.75 Å². The molecule has 30 heavy (non-hydrogen) atoms. The van der Waals surface area contributed by atoms with E-state index in [0.29, 0.717) is 11.3 Å². The molecule has 2 atom stereocenters. The van der Waals surface area contributed by atoms with Crippen LogP contribution in [0.4, 0.5) is 5.69 Å². The molecule has 3 rings (SSSR count). The maximum Gasteiger partial charge on any atom is 0.269 e. The molecule has 0 aromatic heterocycles. The summed E-state index contributed by atoms with van der Waals surface area (Å²) in [6.07, 6.45) is 0. The zero-order valence-electron chi connectivity index (χ0n) is 16.6. The minimum Gasteiger partial charge on any atom is -0.497 e. The second-order valence-electron chi connectivity index (χ2n) is 6.70. The maximum absolute atomic E-state index is 13.0. The molecule has 0 fully saturated rings. The molecular weight excluding hydrogens is 404 g/mol. The summed E-state index contributed by atoms with van der Waals surface area (Å²) in [5.41, 5.74) is 2.32. The summed E-state index contributed by atoms with van der Waals surface area (Å²) in [7, 11) is 1.58. The SMILES string of the molecule is COc1ccc(C(NC(=O)C(C)c2ccccc2)c2cccc([N+](=O)[O-])c2)cc1.Cl. The molecule has 1 amide bonds. The van der Waals surface area contributed by atoms with Gasteiger partial charge in [-0.3, -0.25) is 14.9 Å².